The third-order valence-corrected chi connectivity index (χ3v) is 6.51. The Morgan fingerprint density at radius 2 is 1.61 bits per heavy atom. The van der Waals surface area contributed by atoms with Crippen molar-refractivity contribution in [1.82, 2.24) is 10.2 Å². The van der Waals surface area contributed by atoms with Crippen LogP contribution in [0.4, 0.5) is 5.69 Å². The molecule has 33 heavy (non-hydrogen) atoms. The molecule has 2 amide bonds. The summed E-state index contributed by atoms with van der Waals surface area (Å²) in [5, 5.41) is 2.91. The molecule has 0 bridgehead atoms. The number of nitrogens with zero attached hydrogens (tertiary/aromatic N) is 2. The van der Waals surface area contributed by atoms with Crippen LogP contribution < -0.4 is 9.62 Å². The van der Waals surface area contributed by atoms with Gasteiger partial charge in [-0.2, -0.15) is 0 Å². The van der Waals surface area contributed by atoms with Crippen molar-refractivity contribution in [3.8, 4) is 0 Å². The Kier molecular flexibility index (Phi) is 8.30. The molecule has 2 aromatic rings. The fraction of sp³-hybridized carbons (Fsp3) is 0.440. The highest BCUT2D eigenvalue weighted by molar-refractivity contribution is 7.92. The summed E-state index contributed by atoms with van der Waals surface area (Å²) >= 11 is 0. The van der Waals surface area contributed by atoms with Crippen molar-refractivity contribution in [1.29, 1.82) is 0 Å². The standard InChI is InChI=1S/C25H35N3O4S/c1-18-12-11-15-22(19(18)2)28(33(7,31)32)17-23(29)27(16-21-13-9-8-10-14-21)20(3)24(30)26-25(4,5)6/h8-15,20H,16-17H2,1-7H3,(H,26,30)/t20-/m0/s1. The van der Waals surface area contributed by atoms with Crippen molar-refractivity contribution in [2.75, 3.05) is 17.1 Å². The molecule has 0 aromatic heterocycles. The normalized spacial score (nSPS) is 12.7. The number of hydrogen-bond donors (Lipinski definition) is 1. The van der Waals surface area contributed by atoms with Gasteiger partial charge < -0.3 is 10.2 Å². The van der Waals surface area contributed by atoms with E-state index in [1.165, 1.54) is 4.90 Å². The highest BCUT2D eigenvalue weighted by Gasteiger charge is 2.31. The Balaban J connectivity index is 2.42. The number of rotatable bonds is 8. The Morgan fingerprint density at radius 1 is 1.00 bits per heavy atom. The van der Waals surface area contributed by atoms with Gasteiger partial charge in [-0.15, -0.1) is 0 Å². The van der Waals surface area contributed by atoms with E-state index in [-0.39, 0.29) is 12.5 Å². The van der Waals surface area contributed by atoms with Crippen molar-refractivity contribution in [3.05, 3.63) is 65.2 Å². The Bertz CT molecular complexity index is 1090. The first-order chi connectivity index (χ1) is 15.2. The molecule has 8 heteroatoms. The molecule has 0 radical (unpaired) electrons. The SMILES string of the molecule is Cc1cccc(N(CC(=O)N(Cc2ccccc2)[C@@H](C)C(=O)NC(C)(C)C)S(C)(=O)=O)c1C. The number of carbonyl (C=O) groups is 2. The number of carbonyl (C=O) groups excluding carboxylic acids is 2. The molecule has 0 heterocycles. The van der Waals surface area contributed by atoms with Gasteiger partial charge in [-0.1, -0.05) is 42.5 Å². The maximum atomic E-state index is 13.5. The summed E-state index contributed by atoms with van der Waals surface area (Å²) in [4.78, 5) is 27.9. The van der Waals surface area contributed by atoms with Gasteiger partial charge in [0, 0.05) is 12.1 Å². The number of nitrogens with one attached hydrogen (secondary N) is 1. The average molecular weight is 474 g/mol. The lowest BCUT2D eigenvalue weighted by molar-refractivity contribution is -0.140. The lowest BCUT2D eigenvalue weighted by Gasteiger charge is -2.33. The molecule has 180 valence electrons. The van der Waals surface area contributed by atoms with Gasteiger partial charge in [0.05, 0.1) is 11.9 Å². The number of hydrogen-bond acceptors (Lipinski definition) is 4. The lowest BCUT2D eigenvalue weighted by Crippen LogP contribution is -2.54. The van der Waals surface area contributed by atoms with E-state index in [0.29, 0.717) is 5.69 Å². The molecule has 7 nitrogen and oxygen atoms in total. The summed E-state index contributed by atoms with van der Waals surface area (Å²) in [5.41, 5.74) is 2.54. The highest BCUT2D eigenvalue weighted by Crippen LogP contribution is 2.25. The van der Waals surface area contributed by atoms with Crippen LogP contribution in [0.2, 0.25) is 0 Å². The first-order valence-corrected chi connectivity index (χ1v) is 12.7. The van der Waals surface area contributed by atoms with E-state index in [2.05, 4.69) is 5.32 Å². The Labute approximate surface area is 197 Å². The highest BCUT2D eigenvalue weighted by atomic mass is 32.2. The van der Waals surface area contributed by atoms with E-state index in [4.69, 9.17) is 0 Å². The monoisotopic (exact) mass is 473 g/mol. The van der Waals surface area contributed by atoms with Crippen LogP contribution in [0.3, 0.4) is 0 Å². The minimum Gasteiger partial charge on any atom is -0.350 e. The van der Waals surface area contributed by atoms with Crippen LogP contribution >= 0.6 is 0 Å². The molecule has 2 rings (SSSR count). The number of anilines is 1. The summed E-state index contributed by atoms with van der Waals surface area (Å²) in [6.45, 7) is 10.8. The molecule has 0 aliphatic rings. The quantitative estimate of drug-likeness (QED) is 0.637. The van der Waals surface area contributed by atoms with Crippen molar-refractivity contribution in [2.24, 2.45) is 0 Å². The number of aryl methyl sites for hydroxylation is 1. The Hall–Kier alpha value is -2.87. The van der Waals surface area contributed by atoms with Crippen molar-refractivity contribution >= 4 is 27.5 Å². The van der Waals surface area contributed by atoms with Crippen LogP contribution in [0.5, 0.6) is 0 Å². The molecule has 1 N–H and O–H groups in total. The zero-order chi connectivity index (χ0) is 25.0. The first-order valence-electron chi connectivity index (χ1n) is 10.9. The smallest absolute Gasteiger partial charge is 0.244 e. The van der Waals surface area contributed by atoms with E-state index in [1.807, 2.05) is 71.0 Å². The molecule has 0 unspecified atom stereocenters. The van der Waals surface area contributed by atoms with E-state index in [9.17, 15) is 18.0 Å². The van der Waals surface area contributed by atoms with Crippen molar-refractivity contribution < 1.29 is 18.0 Å². The van der Waals surface area contributed by atoms with Gasteiger partial charge in [-0.05, 0) is 64.3 Å². The van der Waals surface area contributed by atoms with Gasteiger partial charge in [-0.3, -0.25) is 13.9 Å². The van der Waals surface area contributed by atoms with Gasteiger partial charge >= 0.3 is 0 Å². The number of sulfonamides is 1. The zero-order valence-corrected chi connectivity index (χ0v) is 21.4. The molecule has 0 saturated carbocycles. The molecular formula is C25H35N3O4S. The molecule has 0 spiro atoms. The van der Waals surface area contributed by atoms with E-state index < -0.39 is 34.1 Å². The van der Waals surface area contributed by atoms with Crippen LogP contribution in [0.15, 0.2) is 48.5 Å². The van der Waals surface area contributed by atoms with Crippen molar-refractivity contribution in [2.45, 2.75) is 59.7 Å². The summed E-state index contributed by atoms with van der Waals surface area (Å²) in [6, 6.07) is 13.9. The molecule has 1 atom stereocenters. The fourth-order valence-electron chi connectivity index (χ4n) is 3.44. The predicted molar refractivity (Wildman–Crippen MR) is 132 cm³/mol. The second kappa shape index (κ2) is 10.4. The van der Waals surface area contributed by atoms with Crippen molar-refractivity contribution in [3.63, 3.8) is 0 Å². The largest absolute Gasteiger partial charge is 0.350 e. The summed E-state index contributed by atoms with van der Waals surface area (Å²) in [6.07, 6.45) is 1.08. The van der Waals surface area contributed by atoms with E-state index in [0.717, 1.165) is 27.3 Å². The molecule has 0 saturated heterocycles. The van der Waals surface area contributed by atoms with Gasteiger partial charge in [-0.25, -0.2) is 8.42 Å². The van der Waals surface area contributed by atoms with Crippen LogP contribution in [0.25, 0.3) is 0 Å². The summed E-state index contributed by atoms with van der Waals surface area (Å²) in [5.74, 6) is -0.758. The summed E-state index contributed by atoms with van der Waals surface area (Å²) < 4.78 is 26.5. The molecule has 0 aliphatic heterocycles. The number of benzene rings is 2. The maximum Gasteiger partial charge on any atom is 0.244 e. The van der Waals surface area contributed by atoms with Gasteiger partial charge in [0.15, 0.2) is 0 Å². The van der Waals surface area contributed by atoms with Crippen LogP contribution in [0, 0.1) is 13.8 Å². The van der Waals surface area contributed by atoms with Crippen LogP contribution in [-0.4, -0.2) is 49.5 Å². The Morgan fingerprint density at radius 3 is 2.15 bits per heavy atom. The first kappa shape index (κ1) is 26.4. The lowest BCUT2D eigenvalue weighted by atomic mass is 10.1. The second-order valence-corrected chi connectivity index (χ2v) is 11.3. The third kappa shape index (κ3) is 7.32. The maximum absolute atomic E-state index is 13.5. The van der Waals surface area contributed by atoms with Gasteiger partial charge in [0.2, 0.25) is 21.8 Å². The minimum atomic E-state index is -3.75. The molecule has 0 aliphatic carbocycles. The molecule has 2 aromatic carbocycles. The van der Waals surface area contributed by atoms with Gasteiger partial charge in [0.25, 0.3) is 0 Å². The average Bonchev–Trinajstić information content (AvgIpc) is 2.70. The van der Waals surface area contributed by atoms with E-state index in [1.54, 1.807) is 19.1 Å². The summed E-state index contributed by atoms with van der Waals surface area (Å²) in [7, 11) is -3.75. The predicted octanol–water partition coefficient (Wildman–Crippen LogP) is 3.40. The van der Waals surface area contributed by atoms with Crippen LogP contribution in [-0.2, 0) is 26.2 Å². The molecule has 0 fully saturated rings. The fourth-order valence-corrected chi connectivity index (χ4v) is 4.34. The van der Waals surface area contributed by atoms with Crippen LogP contribution in [0.1, 0.15) is 44.4 Å². The minimum absolute atomic E-state index is 0.183. The van der Waals surface area contributed by atoms with E-state index >= 15 is 0 Å². The molecular weight excluding hydrogens is 438 g/mol. The second-order valence-electron chi connectivity index (χ2n) is 9.41. The number of amides is 2. The zero-order valence-electron chi connectivity index (χ0n) is 20.5. The topological polar surface area (TPSA) is 86.8 Å². The van der Waals surface area contributed by atoms with Gasteiger partial charge in [0.1, 0.15) is 12.6 Å². The third-order valence-electron chi connectivity index (χ3n) is 5.39.